The molecular formula is C12H17N3O3. The van der Waals surface area contributed by atoms with E-state index >= 15 is 0 Å². The Morgan fingerprint density at radius 2 is 2.11 bits per heavy atom. The van der Waals surface area contributed by atoms with Crippen molar-refractivity contribution < 1.29 is 14.7 Å². The summed E-state index contributed by atoms with van der Waals surface area (Å²) in [5.41, 5.74) is 0.488. The van der Waals surface area contributed by atoms with E-state index in [9.17, 15) is 9.59 Å². The molecule has 0 aliphatic carbocycles. The summed E-state index contributed by atoms with van der Waals surface area (Å²) in [6, 6.07) is 1.33. The van der Waals surface area contributed by atoms with Gasteiger partial charge in [-0.05, 0) is 32.4 Å². The third kappa shape index (κ3) is 3.73. The maximum atomic E-state index is 11.6. The molecule has 3 N–H and O–H groups in total. The van der Waals surface area contributed by atoms with E-state index in [1.165, 1.54) is 6.20 Å². The fourth-order valence-electron chi connectivity index (χ4n) is 1.14. The number of rotatable bonds is 4. The lowest BCUT2D eigenvalue weighted by Gasteiger charge is -2.19. The van der Waals surface area contributed by atoms with Gasteiger partial charge in [-0.1, -0.05) is 0 Å². The van der Waals surface area contributed by atoms with Crippen molar-refractivity contribution in [2.24, 2.45) is 5.41 Å². The zero-order chi connectivity index (χ0) is 13.8. The van der Waals surface area contributed by atoms with Crippen molar-refractivity contribution in [3.8, 4) is 0 Å². The molecule has 1 heterocycles. The number of hydrogen-bond acceptors (Lipinski definition) is 3. The van der Waals surface area contributed by atoms with Crippen molar-refractivity contribution in [1.82, 2.24) is 10.3 Å². The van der Waals surface area contributed by atoms with Gasteiger partial charge in [0.25, 0.3) is 0 Å². The van der Waals surface area contributed by atoms with Crippen LogP contribution in [0.2, 0.25) is 0 Å². The Labute approximate surface area is 105 Å². The first kappa shape index (κ1) is 14.0. The van der Waals surface area contributed by atoms with Crippen LogP contribution >= 0.6 is 0 Å². The predicted molar refractivity (Wildman–Crippen MR) is 67.4 cm³/mol. The Morgan fingerprint density at radius 1 is 1.44 bits per heavy atom. The summed E-state index contributed by atoms with van der Waals surface area (Å²) in [4.78, 5) is 26.4. The van der Waals surface area contributed by atoms with E-state index in [1.54, 1.807) is 26.1 Å². The van der Waals surface area contributed by atoms with Gasteiger partial charge in [-0.3, -0.25) is 9.78 Å². The lowest BCUT2D eigenvalue weighted by molar-refractivity contribution is -0.146. The number of carboxylic acids is 1. The quantitative estimate of drug-likeness (QED) is 0.758. The van der Waals surface area contributed by atoms with E-state index in [2.05, 4.69) is 15.6 Å². The summed E-state index contributed by atoms with van der Waals surface area (Å²) in [6.45, 7) is 4.99. The van der Waals surface area contributed by atoms with Gasteiger partial charge in [0, 0.05) is 12.7 Å². The number of carbonyl (C=O) groups excluding carboxylic acids is 1. The molecule has 0 bridgehead atoms. The number of nitrogens with one attached hydrogen (secondary N) is 2. The molecule has 0 aliphatic rings. The summed E-state index contributed by atoms with van der Waals surface area (Å²) in [7, 11) is 0. The fourth-order valence-corrected chi connectivity index (χ4v) is 1.14. The molecule has 0 aromatic carbocycles. The second-order valence-corrected chi connectivity index (χ2v) is 4.69. The monoisotopic (exact) mass is 251 g/mol. The molecule has 1 rings (SSSR count). The largest absolute Gasteiger partial charge is 0.481 e. The van der Waals surface area contributed by atoms with E-state index in [-0.39, 0.29) is 6.54 Å². The molecule has 6 heteroatoms. The van der Waals surface area contributed by atoms with Crippen LogP contribution in [0, 0.1) is 12.3 Å². The molecule has 0 saturated carbocycles. The Kier molecular flexibility index (Phi) is 4.25. The number of aryl methyl sites for hydroxylation is 1. The Bertz CT molecular complexity index is 458. The average Bonchev–Trinajstić information content (AvgIpc) is 2.29. The highest BCUT2D eigenvalue weighted by Gasteiger charge is 2.27. The summed E-state index contributed by atoms with van der Waals surface area (Å²) < 4.78 is 0. The second-order valence-electron chi connectivity index (χ2n) is 4.69. The maximum absolute atomic E-state index is 11.6. The van der Waals surface area contributed by atoms with Gasteiger partial charge in [0.05, 0.1) is 17.3 Å². The third-order valence-electron chi connectivity index (χ3n) is 2.56. The van der Waals surface area contributed by atoms with Gasteiger partial charge in [0.15, 0.2) is 0 Å². The number of carboxylic acid groups (broad SMARTS) is 1. The van der Waals surface area contributed by atoms with Crippen molar-refractivity contribution in [2.45, 2.75) is 20.8 Å². The molecule has 0 unspecified atom stereocenters. The third-order valence-corrected chi connectivity index (χ3v) is 2.56. The number of aliphatic carboxylic acids is 1. The first-order valence-electron chi connectivity index (χ1n) is 5.52. The normalized spacial score (nSPS) is 10.8. The van der Waals surface area contributed by atoms with Crippen LogP contribution in [0.15, 0.2) is 18.5 Å². The zero-order valence-corrected chi connectivity index (χ0v) is 10.7. The molecule has 1 aromatic heterocycles. The first-order chi connectivity index (χ1) is 8.33. The predicted octanol–water partition coefficient (Wildman–Crippen LogP) is 1.62. The molecule has 0 radical (unpaired) electrons. The summed E-state index contributed by atoms with van der Waals surface area (Å²) in [5.74, 6) is -0.958. The fraction of sp³-hybridized carbons (Fsp3) is 0.417. The van der Waals surface area contributed by atoms with Gasteiger partial charge < -0.3 is 15.7 Å². The van der Waals surface area contributed by atoms with Crippen molar-refractivity contribution in [1.29, 1.82) is 0 Å². The number of nitrogens with zero attached hydrogens (tertiary/aromatic N) is 1. The van der Waals surface area contributed by atoms with Gasteiger partial charge in [-0.2, -0.15) is 0 Å². The van der Waals surface area contributed by atoms with Crippen LogP contribution in [-0.2, 0) is 4.79 Å². The lowest BCUT2D eigenvalue weighted by atomic mass is 9.94. The second kappa shape index (κ2) is 5.48. The van der Waals surface area contributed by atoms with Crippen molar-refractivity contribution in [3.05, 3.63) is 24.0 Å². The number of aromatic nitrogens is 1. The van der Waals surface area contributed by atoms with Crippen LogP contribution in [-0.4, -0.2) is 28.6 Å². The molecule has 0 fully saturated rings. The van der Waals surface area contributed by atoms with Gasteiger partial charge in [-0.15, -0.1) is 0 Å². The highest BCUT2D eigenvalue weighted by Crippen LogP contribution is 2.14. The molecule has 0 spiro atoms. The van der Waals surface area contributed by atoms with E-state index < -0.39 is 17.4 Å². The van der Waals surface area contributed by atoms with Crippen LogP contribution in [0.25, 0.3) is 0 Å². The Morgan fingerprint density at radius 3 is 2.67 bits per heavy atom. The van der Waals surface area contributed by atoms with Gasteiger partial charge in [-0.25, -0.2) is 4.79 Å². The van der Waals surface area contributed by atoms with Crippen LogP contribution in [0.3, 0.4) is 0 Å². The molecular weight excluding hydrogens is 234 g/mol. The van der Waals surface area contributed by atoms with Crippen LogP contribution < -0.4 is 10.6 Å². The molecule has 0 aliphatic heterocycles. The molecule has 2 amide bonds. The van der Waals surface area contributed by atoms with Crippen molar-refractivity contribution in [3.63, 3.8) is 0 Å². The standard InChI is InChI=1S/C12H17N3O3/c1-8-4-5-13-6-9(8)15-11(18)14-7-12(2,3)10(16)17/h4-6H,7H2,1-3H3,(H,16,17)(H2,14,15,18). The molecule has 1 aromatic rings. The average molecular weight is 251 g/mol. The zero-order valence-electron chi connectivity index (χ0n) is 10.7. The SMILES string of the molecule is Cc1ccncc1NC(=O)NCC(C)(C)C(=O)O. The summed E-state index contributed by atoms with van der Waals surface area (Å²) in [6.07, 6.45) is 3.17. The van der Waals surface area contributed by atoms with Crippen LogP contribution in [0.4, 0.5) is 10.5 Å². The highest BCUT2D eigenvalue weighted by molar-refractivity contribution is 5.90. The van der Waals surface area contributed by atoms with Crippen LogP contribution in [0.5, 0.6) is 0 Å². The summed E-state index contributed by atoms with van der Waals surface area (Å²) >= 11 is 0. The first-order valence-corrected chi connectivity index (χ1v) is 5.52. The summed E-state index contributed by atoms with van der Waals surface area (Å²) in [5, 5.41) is 14.0. The van der Waals surface area contributed by atoms with Crippen molar-refractivity contribution >= 4 is 17.7 Å². The number of anilines is 1. The molecule has 6 nitrogen and oxygen atoms in total. The number of urea groups is 1. The Hall–Kier alpha value is -2.11. The van der Waals surface area contributed by atoms with E-state index in [1.807, 2.05) is 6.92 Å². The minimum absolute atomic E-state index is 0.0491. The molecule has 98 valence electrons. The number of amides is 2. The topological polar surface area (TPSA) is 91.3 Å². The Balaban J connectivity index is 2.54. The maximum Gasteiger partial charge on any atom is 0.319 e. The smallest absolute Gasteiger partial charge is 0.319 e. The number of hydrogen-bond donors (Lipinski definition) is 3. The van der Waals surface area contributed by atoms with Gasteiger partial charge >= 0.3 is 12.0 Å². The minimum Gasteiger partial charge on any atom is -0.481 e. The molecule has 0 saturated heterocycles. The highest BCUT2D eigenvalue weighted by atomic mass is 16.4. The van der Waals surface area contributed by atoms with Gasteiger partial charge in [0.1, 0.15) is 0 Å². The van der Waals surface area contributed by atoms with Gasteiger partial charge in [0.2, 0.25) is 0 Å². The minimum atomic E-state index is -0.999. The van der Waals surface area contributed by atoms with Crippen LogP contribution in [0.1, 0.15) is 19.4 Å². The molecule has 18 heavy (non-hydrogen) atoms. The van der Waals surface area contributed by atoms with Crippen molar-refractivity contribution in [2.75, 3.05) is 11.9 Å². The molecule has 0 atom stereocenters. The number of pyridine rings is 1. The van der Waals surface area contributed by atoms with E-state index in [0.717, 1.165) is 5.56 Å². The number of carbonyl (C=O) groups is 2. The lowest BCUT2D eigenvalue weighted by Crippen LogP contribution is -2.40. The van der Waals surface area contributed by atoms with E-state index in [0.29, 0.717) is 5.69 Å². The van der Waals surface area contributed by atoms with E-state index in [4.69, 9.17) is 5.11 Å².